The second-order valence-electron chi connectivity index (χ2n) is 9.64. The van der Waals surface area contributed by atoms with Gasteiger partial charge < -0.3 is 14.7 Å². The SMILES string of the molecule is C=CC(=O)N1CCN(C(C)C/C=C/C(=O)N2CCN(C)C(CN(C)C)C2)C(C)(C)C1. The molecule has 0 spiro atoms. The number of likely N-dealkylation sites (N-methyl/N-ethyl adjacent to an activating group) is 2. The van der Waals surface area contributed by atoms with Gasteiger partial charge in [-0.15, -0.1) is 0 Å². The molecule has 0 aromatic carbocycles. The number of amides is 2. The number of hydrogen-bond donors (Lipinski definition) is 0. The van der Waals surface area contributed by atoms with Crippen molar-refractivity contribution in [3.8, 4) is 0 Å². The van der Waals surface area contributed by atoms with Crippen LogP contribution in [0.25, 0.3) is 0 Å². The Hall–Kier alpha value is -1.70. The highest BCUT2D eigenvalue weighted by Crippen LogP contribution is 2.25. The van der Waals surface area contributed by atoms with Crippen LogP contribution in [0.2, 0.25) is 0 Å². The van der Waals surface area contributed by atoms with Crippen molar-refractivity contribution in [3.63, 3.8) is 0 Å². The molecule has 7 nitrogen and oxygen atoms in total. The first-order valence-corrected chi connectivity index (χ1v) is 11.0. The molecule has 2 unspecified atom stereocenters. The average molecular weight is 420 g/mol. The molecular weight excluding hydrogens is 378 g/mol. The Labute approximate surface area is 182 Å². The van der Waals surface area contributed by atoms with Gasteiger partial charge in [0.05, 0.1) is 0 Å². The monoisotopic (exact) mass is 419 g/mol. The van der Waals surface area contributed by atoms with Gasteiger partial charge in [0, 0.05) is 63.4 Å². The molecule has 2 aliphatic rings. The van der Waals surface area contributed by atoms with Gasteiger partial charge in [0.15, 0.2) is 0 Å². The first-order valence-electron chi connectivity index (χ1n) is 11.0. The molecular formula is C23H41N5O2. The molecule has 2 fully saturated rings. The standard InChI is InChI=1S/C23H41N5O2/c1-8-21(29)27-14-15-28(23(3,4)18-27)19(2)10-9-11-22(30)26-13-12-25(7)20(17-26)16-24(5)6/h8-9,11,19-20H,1,10,12-18H2,2-7H3/b11-9+. The minimum atomic E-state index is -0.106. The van der Waals surface area contributed by atoms with Gasteiger partial charge in [0.2, 0.25) is 11.8 Å². The first-order chi connectivity index (χ1) is 14.0. The van der Waals surface area contributed by atoms with Crippen LogP contribution in [0, 0.1) is 0 Å². The summed E-state index contributed by atoms with van der Waals surface area (Å²) in [4.78, 5) is 35.5. The molecule has 30 heavy (non-hydrogen) atoms. The second kappa shape index (κ2) is 10.6. The lowest BCUT2D eigenvalue weighted by atomic mass is 9.95. The maximum absolute atomic E-state index is 12.7. The lowest BCUT2D eigenvalue weighted by molar-refractivity contribution is -0.132. The molecule has 2 heterocycles. The van der Waals surface area contributed by atoms with Gasteiger partial charge in [-0.25, -0.2) is 0 Å². The van der Waals surface area contributed by atoms with Gasteiger partial charge in [-0.3, -0.25) is 19.4 Å². The summed E-state index contributed by atoms with van der Waals surface area (Å²) in [6.07, 6.45) is 5.98. The van der Waals surface area contributed by atoms with Gasteiger partial charge in [-0.2, -0.15) is 0 Å². The topological polar surface area (TPSA) is 50.3 Å². The number of hydrogen-bond acceptors (Lipinski definition) is 5. The van der Waals surface area contributed by atoms with Crippen molar-refractivity contribution in [1.82, 2.24) is 24.5 Å². The van der Waals surface area contributed by atoms with E-state index in [1.54, 1.807) is 6.08 Å². The summed E-state index contributed by atoms with van der Waals surface area (Å²) in [5.41, 5.74) is -0.106. The van der Waals surface area contributed by atoms with Crippen molar-refractivity contribution < 1.29 is 9.59 Å². The molecule has 0 bridgehead atoms. The number of carbonyl (C=O) groups is 2. The van der Waals surface area contributed by atoms with Crippen molar-refractivity contribution >= 4 is 11.8 Å². The third-order valence-corrected chi connectivity index (χ3v) is 6.39. The van der Waals surface area contributed by atoms with E-state index in [0.29, 0.717) is 18.6 Å². The second-order valence-corrected chi connectivity index (χ2v) is 9.64. The van der Waals surface area contributed by atoms with E-state index in [0.717, 1.165) is 45.7 Å². The van der Waals surface area contributed by atoms with Crippen LogP contribution in [0.1, 0.15) is 27.2 Å². The summed E-state index contributed by atoms with van der Waals surface area (Å²) in [6.45, 7) is 15.8. The Balaban J connectivity index is 1.88. The fourth-order valence-electron chi connectivity index (χ4n) is 4.67. The number of carbonyl (C=O) groups excluding carboxylic acids is 2. The molecule has 0 radical (unpaired) electrons. The molecule has 0 saturated carbocycles. The summed E-state index contributed by atoms with van der Waals surface area (Å²) >= 11 is 0. The molecule has 2 amide bonds. The van der Waals surface area contributed by atoms with Crippen LogP contribution >= 0.6 is 0 Å². The quantitative estimate of drug-likeness (QED) is 0.579. The average Bonchev–Trinajstić information content (AvgIpc) is 2.67. The molecule has 7 heteroatoms. The van der Waals surface area contributed by atoms with Crippen LogP contribution in [-0.2, 0) is 9.59 Å². The normalized spacial score (nSPS) is 24.4. The zero-order valence-corrected chi connectivity index (χ0v) is 19.8. The van der Waals surface area contributed by atoms with Crippen molar-refractivity contribution in [2.45, 2.75) is 44.8 Å². The fourth-order valence-corrected chi connectivity index (χ4v) is 4.67. The maximum atomic E-state index is 12.7. The summed E-state index contributed by atoms with van der Waals surface area (Å²) < 4.78 is 0. The molecule has 2 atom stereocenters. The van der Waals surface area contributed by atoms with Gasteiger partial charge >= 0.3 is 0 Å². The van der Waals surface area contributed by atoms with Gasteiger partial charge in [-0.05, 0) is 60.5 Å². The highest BCUT2D eigenvalue weighted by Gasteiger charge is 2.37. The number of rotatable bonds is 7. The lowest BCUT2D eigenvalue weighted by Crippen LogP contribution is -2.62. The largest absolute Gasteiger partial charge is 0.336 e. The van der Waals surface area contributed by atoms with E-state index < -0.39 is 0 Å². The zero-order chi connectivity index (χ0) is 22.5. The Morgan fingerprint density at radius 1 is 1.13 bits per heavy atom. The van der Waals surface area contributed by atoms with Crippen LogP contribution in [-0.4, -0.2) is 121 Å². The van der Waals surface area contributed by atoms with Crippen LogP contribution in [0.15, 0.2) is 24.8 Å². The van der Waals surface area contributed by atoms with Crippen molar-refractivity contribution in [2.24, 2.45) is 0 Å². The first kappa shape index (κ1) is 24.6. The van der Waals surface area contributed by atoms with E-state index in [4.69, 9.17) is 0 Å². The van der Waals surface area contributed by atoms with Crippen molar-refractivity contribution in [3.05, 3.63) is 24.8 Å². The van der Waals surface area contributed by atoms with Crippen LogP contribution < -0.4 is 0 Å². The van der Waals surface area contributed by atoms with Crippen molar-refractivity contribution in [1.29, 1.82) is 0 Å². The third kappa shape index (κ3) is 6.40. The van der Waals surface area contributed by atoms with E-state index in [-0.39, 0.29) is 17.4 Å². The molecule has 0 N–H and O–H groups in total. The smallest absolute Gasteiger partial charge is 0.246 e. The summed E-state index contributed by atoms with van der Waals surface area (Å²) in [6, 6.07) is 0.680. The Morgan fingerprint density at radius 2 is 1.80 bits per heavy atom. The highest BCUT2D eigenvalue weighted by atomic mass is 16.2. The van der Waals surface area contributed by atoms with Crippen LogP contribution in [0.4, 0.5) is 0 Å². The summed E-state index contributed by atoms with van der Waals surface area (Å²) in [7, 11) is 6.28. The van der Waals surface area contributed by atoms with E-state index in [2.05, 4.69) is 63.2 Å². The maximum Gasteiger partial charge on any atom is 0.246 e. The molecule has 2 aliphatic heterocycles. The summed E-state index contributed by atoms with van der Waals surface area (Å²) in [5.74, 6) is 0.111. The van der Waals surface area contributed by atoms with E-state index in [9.17, 15) is 9.59 Å². The number of nitrogens with zero attached hydrogens (tertiary/aromatic N) is 5. The molecule has 0 aliphatic carbocycles. The number of piperazine rings is 2. The predicted octanol–water partition coefficient (Wildman–Crippen LogP) is 1.13. The molecule has 170 valence electrons. The Kier molecular flexibility index (Phi) is 8.64. The fraction of sp³-hybridized carbons (Fsp3) is 0.739. The van der Waals surface area contributed by atoms with E-state index >= 15 is 0 Å². The Bertz CT molecular complexity index is 646. The van der Waals surface area contributed by atoms with Gasteiger partial charge in [-0.1, -0.05) is 12.7 Å². The minimum Gasteiger partial charge on any atom is -0.336 e. The van der Waals surface area contributed by atoms with E-state index in [1.165, 1.54) is 6.08 Å². The van der Waals surface area contributed by atoms with E-state index in [1.807, 2.05) is 15.9 Å². The predicted molar refractivity (Wildman–Crippen MR) is 122 cm³/mol. The Morgan fingerprint density at radius 3 is 2.40 bits per heavy atom. The highest BCUT2D eigenvalue weighted by molar-refractivity contribution is 5.88. The van der Waals surface area contributed by atoms with Crippen LogP contribution in [0.3, 0.4) is 0 Å². The molecule has 2 rings (SSSR count). The molecule has 0 aromatic heterocycles. The zero-order valence-electron chi connectivity index (χ0n) is 19.8. The van der Waals surface area contributed by atoms with Gasteiger partial charge in [0.25, 0.3) is 0 Å². The van der Waals surface area contributed by atoms with Crippen LogP contribution in [0.5, 0.6) is 0 Å². The van der Waals surface area contributed by atoms with Gasteiger partial charge in [0.1, 0.15) is 0 Å². The van der Waals surface area contributed by atoms with Crippen molar-refractivity contribution in [2.75, 3.05) is 67.0 Å². The molecule has 2 saturated heterocycles. The lowest BCUT2D eigenvalue weighted by Gasteiger charge is -2.49. The minimum absolute atomic E-state index is 0.000572. The molecule has 0 aromatic rings. The third-order valence-electron chi connectivity index (χ3n) is 6.39. The summed E-state index contributed by atoms with van der Waals surface area (Å²) in [5, 5.41) is 0.